The van der Waals surface area contributed by atoms with Crippen LogP contribution in [0.2, 0.25) is 0 Å². The molecule has 0 spiro atoms. The van der Waals surface area contributed by atoms with E-state index in [1.54, 1.807) is 6.20 Å². The molecule has 0 aliphatic heterocycles. The van der Waals surface area contributed by atoms with Crippen molar-refractivity contribution < 1.29 is 4.74 Å². The van der Waals surface area contributed by atoms with Gasteiger partial charge in [0.05, 0.1) is 0 Å². The van der Waals surface area contributed by atoms with Crippen molar-refractivity contribution in [3.8, 4) is 11.8 Å². The zero-order valence-corrected chi connectivity index (χ0v) is 12.5. The molecule has 2 aromatic heterocycles. The lowest BCUT2D eigenvalue weighted by molar-refractivity contribution is 0.307. The first-order valence-electron chi connectivity index (χ1n) is 6.30. The molecule has 0 aliphatic carbocycles. The van der Waals surface area contributed by atoms with E-state index >= 15 is 0 Å². The van der Waals surface area contributed by atoms with Gasteiger partial charge in [-0.2, -0.15) is 5.26 Å². The first kappa shape index (κ1) is 13.5. The molecule has 0 fully saturated rings. The van der Waals surface area contributed by atoms with Crippen LogP contribution in [0.4, 0.5) is 0 Å². The number of nitriles is 1. The van der Waals surface area contributed by atoms with Crippen LogP contribution in [-0.4, -0.2) is 9.97 Å². The van der Waals surface area contributed by atoms with E-state index in [9.17, 15) is 5.26 Å². The van der Waals surface area contributed by atoms with Crippen molar-refractivity contribution in [1.82, 2.24) is 9.97 Å². The fourth-order valence-electron chi connectivity index (χ4n) is 2.02. The van der Waals surface area contributed by atoms with E-state index in [4.69, 9.17) is 4.74 Å². The fourth-order valence-corrected chi connectivity index (χ4v) is 2.51. The molecule has 2 heterocycles. The lowest BCUT2D eigenvalue weighted by Crippen LogP contribution is -2.01. The molecule has 21 heavy (non-hydrogen) atoms. The minimum atomic E-state index is 0.226. The van der Waals surface area contributed by atoms with Crippen LogP contribution in [0.1, 0.15) is 11.3 Å². The summed E-state index contributed by atoms with van der Waals surface area (Å²) in [6.45, 7) is 0.366. The summed E-state index contributed by atoms with van der Waals surface area (Å²) < 4.78 is 6.41. The Bertz CT molecular complexity index is 828. The van der Waals surface area contributed by atoms with E-state index < -0.39 is 0 Å². The first-order valence-corrected chi connectivity index (χ1v) is 7.10. The van der Waals surface area contributed by atoms with Crippen molar-refractivity contribution in [3.05, 3.63) is 64.5 Å². The van der Waals surface area contributed by atoms with Gasteiger partial charge < -0.3 is 4.74 Å². The fraction of sp³-hybridized carbons (Fsp3) is 0.0625. The zero-order valence-electron chi connectivity index (χ0n) is 11.0. The largest absolute Gasteiger partial charge is 0.484 e. The predicted octanol–water partition coefficient (Wildman–Crippen LogP) is 3.84. The summed E-state index contributed by atoms with van der Waals surface area (Å²) in [4.78, 5) is 8.54. The number of fused-ring (bicyclic) bond motifs is 1. The summed E-state index contributed by atoms with van der Waals surface area (Å²) in [6.07, 6.45) is 1.67. The minimum absolute atomic E-state index is 0.226. The second-order valence-electron chi connectivity index (χ2n) is 4.37. The molecular formula is C16H10BrN3O. The summed E-state index contributed by atoms with van der Waals surface area (Å²) in [5, 5.41) is 10.1. The summed E-state index contributed by atoms with van der Waals surface area (Å²) >= 11 is 3.36. The van der Waals surface area contributed by atoms with Gasteiger partial charge in [-0.15, -0.1) is 0 Å². The van der Waals surface area contributed by atoms with Gasteiger partial charge in [0.1, 0.15) is 22.8 Å². The number of rotatable bonds is 3. The predicted molar refractivity (Wildman–Crippen MR) is 82.7 cm³/mol. The molecule has 0 saturated heterocycles. The number of pyridine rings is 2. The molecule has 102 valence electrons. The third-order valence-corrected chi connectivity index (χ3v) is 3.61. The molecule has 0 amide bonds. The molecule has 0 radical (unpaired) electrons. The number of hydrogen-bond acceptors (Lipinski definition) is 4. The van der Waals surface area contributed by atoms with E-state index in [2.05, 4.69) is 32.0 Å². The van der Waals surface area contributed by atoms with Crippen molar-refractivity contribution in [1.29, 1.82) is 5.26 Å². The Morgan fingerprint density at radius 3 is 2.71 bits per heavy atom. The van der Waals surface area contributed by atoms with Crippen LogP contribution in [0.25, 0.3) is 10.9 Å². The van der Waals surface area contributed by atoms with Crippen molar-refractivity contribution in [3.63, 3.8) is 0 Å². The second-order valence-corrected chi connectivity index (χ2v) is 5.12. The van der Waals surface area contributed by atoms with Gasteiger partial charge in [0, 0.05) is 11.6 Å². The highest BCUT2D eigenvalue weighted by atomic mass is 79.9. The zero-order chi connectivity index (χ0) is 14.7. The standard InChI is InChI=1S/C16H10BrN3O/c17-16-12-7-4-8-19-14(12)15(13(9-18)20-16)21-10-11-5-2-1-3-6-11/h1-8H,10H2. The van der Waals surface area contributed by atoms with Crippen molar-refractivity contribution in [2.75, 3.05) is 0 Å². The third-order valence-electron chi connectivity index (χ3n) is 3.00. The van der Waals surface area contributed by atoms with Crippen LogP contribution in [0.3, 0.4) is 0 Å². The molecule has 0 atom stereocenters. The monoisotopic (exact) mass is 339 g/mol. The SMILES string of the molecule is N#Cc1nc(Br)c2cccnc2c1OCc1ccccc1. The van der Waals surface area contributed by atoms with Crippen LogP contribution in [-0.2, 0) is 6.61 Å². The number of nitrogens with zero attached hydrogens (tertiary/aromatic N) is 3. The average Bonchev–Trinajstić information content (AvgIpc) is 2.55. The van der Waals surface area contributed by atoms with Gasteiger partial charge in [-0.05, 0) is 33.6 Å². The van der Waals surface area contributed by atoms with Gasteiger partial charge in [-0.25, -0.2) is 4.98 Å². The Morgan fingerprint density at radius 1 is 1.14 bits per heavy atom. The van der Waals surface area contributed by atoms with Crippen LogP contribution in [0.5, 0.6) is 5.75 Å². The quantitative estimate of drug-likeness (QED) is 0.680. The Labute approximate surface area is 130 Å². The van der Waals surface area contributed by atoms with E-state index in [0.29, 0.717) is 22.5 Å². The maximum atomic E-state index is 9.26. The molecule has 0 bridgehead atoms. The molecule has 5 heteroatoms. The Morgan fingerprint density at radius 2 is 1.95 bits per heavy atom. The van der Waals surface area contributed by atoms with Gasteiger partial charge in [0.25, 0.3) is 0 Å². The molecule has 0 aliphatic rings. The lowest BCUT2D eigenvalue weighted by Gasteiger charge is -2.10. The third kappa shape index (κ3) is 2.71. The Hall–Kier alpha value is -2.45. The molecule has 3 rings (SSSR count). The highest BCUT2D eigenvalue weighted by Crippen LogP contribution is 2.31. The molecule has 0 N–H and O–H groups in total. The minimum Gasteiger partial charge on any atom is -0.484 e. The first-order chi connectivity index (χ1) is 10.3. The van der Waals surface area contributed by atoms with E-state index in [0.717, 1.165) is 10.9 Å². The van der Waals surface area contributed by atoms with Crippen molar-refractivity contribution in [2.45, 2.75) is 6.61 Å². The highest BCUT2D eigenvalue weighted by Gasteiger charge is 2.15. The number of halogens is 1. The Balaban J connectivity index is 2.05. The maximum Gasteiger partial charge on any atom is 0.186 e. The summed E-state index contributed by atoms with van der Waals surface area (Å²) in [5.41, 5.74) is 1.88. The molecule has 3 aromatic rings. The van der Waals surface area contributed by atoms with E-state index in [1.165, 1.54) is 0 Å². The van der Waals surface area contributed by atoms with Gasteiger partial charge in [-0.3, -0.25) is 4.98 Å². The van der Waals surface area contributed by atoms with E-state index in [1.807, 2.05) is 42.5 Å². The number of hydrogen-bond donors (Lipinski definition) is 0. The topological polar surface area (TPSA) is 58.8 Å². The summed E-state index contributed by atoms with van der Waals surface area (Å²) in [5.74, 6) is 0.417. The van der Waals surface area contributed by atoms with Gasteiger partial charge in [-0.1, -0.05) is 30.3 Å². The van der Waals surface area contributed by atoms with Crippen LogP contribution in [0.15, 0.2) is 53.3 Å². The van der Waals surface area contributed by atoms with Crippen LogP contribution in [0, 0.1) is 11.3 Å². The van der Waals surface area contributed by atoms with Crippen LogP contribution < -0.4 is 4.74 Å². The van der Waals surface area contributed by atoms with Gasteiger partial charge in [0.2, 0.25) is 0 Å². The van der Waals surface area contributed by atoms with Gasteiger partial charge in [0.15, 0.2) is 11.4 Å². The second kappa shape index (κ2) is 5.90. The molecule has 1 aromatic carbocycles. The van der Waals surface area contributed by atoms with Crippen molar-refractivity contribution in [2.24, 2.45) is 0 Å². The molecule has 4 nitrogen and oxygen atoms in total. The van der Waals surface area contributed by atoms with Crippen LogP contribution >= 0.6 is 15.9 Å². The van der Waals surface area contributed by atoms with E-state index in [-0.39, 0.29) is 5.69 Å². The Kier molecular flexibility index (Phi) is 3.80. The number of ether oxygens (including phenoxy) is 1. The number of aromatic nitrogens is 2. The summed E-state index contributed by atoms with van der Waals surface area (Å²) in [6, 6.07) is 15.5. The maximum absolute atomic E-state index is 9.26. The average molecular weight is 340 g/mol. The highest BCUT2D eigenvalue weighted by molar-refractivity contribution is 9.10. The normalized spacial score (nSPS) is 10.3. The molecule has 0 unspecified atom stereocenters. The lowest BCUT2D eigenvalue weighted by atomic mass is 10.2. The van der Waals surface area contributed by atoms with Gasteiger partial charge >= 0.3 is 0 Å². The number of benzene rings is 1. The van der Waals surface area contributed by atoms with Crippen molar-refractivity contribution >= 4 is 26.8 Å². The molecular weight excluding hydrogens is 330 g/mol. The smallest absolute Gasteiger partial charge is 0.186 e. The summed E-state index contributed by atoms with van der Waals surface area (Å²) in [7, 11) is 0. The molecule has 0 saturated carbocycles.